The van der Waals surface area contributed by atoms with Crippen LogP contribution < -0.4 is 20.5 Å². The highest BCUT2D eigenvalue weighted by atomic mass is 16.5. The number of unbranched alkanes of at least 4 members (excludes halogenated alkanes) is 1. The molecule has 0 unspecified atom stereocenters. The fourth-order valence-corrected chi connectivity index (χ4v) is 4.10. The van der Waals surface area contributed by atoms with E-state index in [0.29, 0.717) is 11.7 Å². The van der Waals surface area contributed by atoms with Crippen LogP contribution in [-0.4, -0.2) is 51.3 Å². The molecule has 0 saturated carbocycles. The second-order valence-electron chi connectivity index (χ2n) is 8.14. The maximum atomic E-state index is 6.06. The van der Waals surface area contributed by atoms with Crippen molar-refractivity contribution in [3.63, 3.8) is 0 Å². The molecule has 1 fully saturated rings. The van der Waals surface area contributed by atoms with Crippen molar-refractivity contribution in [2.24, 2.45) is 16.6 Å². The molecule has 0 aliphatic carbocycles. The molecule has 0 radical (unpaired) electrons. The zero-order chi connectivity index (χ0) is 21.9. The van der Waals surface area contributed by atoms with E-state index in [-0.39, 0.29) is 0 Å². The highest BCUT2D eigenvalue weighted by Crippen LogP contribution is 2.28. The number of nitrogens with one attached hydrogen (secondary N) is 1. The number of aliphatic imine (C=N–C) groups is 1. The summed E-state index contributed by atoms with van der Waals surface area (Å²) in [5.74, 6) is 2.66. The Morgan fingerprint density at radius 3 is 2.55 bits per heavy atom. The van der Waals surface area contributed by atoms with E-state index in [1.54, 1.807) is 14.2 Å². The predicted octanol–water partition coefficient (Wildman–Crippen LogP) is 4.17. The van der Waals surface area contributed by atoms with Crippen LogP contribution in [0.4, 0.5) is 5.69 Å². The Morgan fingerprint density at radius 2 is 1.84 bits per heavy atom. The Balaban J connectivity index is 1.33. The van der Waals surface area contributed by atoms with Gasteiger partial charge in [0.2, 0.25) is 0 Å². The maximum Gasteiger partial charge on any atom is 0.193 e. The summed E-state index contributed by atoms with van der Waals surface area (Å²) in [7, 11) is 3.26. The van der Waals surface area contributed by atoms with Gasteiger partial charge in [0.05, 0.1) is 19.9 Å². The van der Waals surface area contributed by atoms with E-state index in [2.05, 4.69) is 45.5 Å². The molecule has 2 aromatic carbocycles. The van der Waals surface area contributed by atoms with Crippen LogP contribution in [0.5, 0.6) is 11.5 Å². The van der Waals surface area contributed by atoms with Crippen LogP contribution in [0, 0.1) is 5.92 Å². The number of rotatable bonds is 10. The van der Waals surface area contributed by atoms with Crippen molar-refractivity contribution in [1.29, 1.82) is 0 Å². The van der Waals surface area contributed by atoms with Gasteiger partial charge in [-0.1, -0.05) is 30.3 Å². The topological polar surface area (TPSA) is 72.1 Å². The van der Waals surface area contributed by atoms with Gasteiger partial charge in [-0.05, 0) is 75.4 Å². The van der Waals surface area contributed by atoms with Crippen LogP contribution >= 0.6 is 0 Å². The average molecular weight is 425 g/mol. The standard InChI is InChI=1S/C25H36N4O2/c1-30-22-10-11-24(31-2)23(19-22)28-25(26)27-14-6-7-15-29-16-12-21(13-17-29)18-20-8-4-3-5-9-20/h3-5,8-11,19,21H,6-7,12-18H2,1-2H3,(H3,26,27,28). The molecule has 6 heteroatoms. The minimum Gasteiger partial charge on any atom is -0.497 e. The summed E-state index contributed by atoms with van der Waals surface area (Å²) in [6, 6.07) is 16.4. The Kier molecular flexibility index (Phi) is 9.03. The molecule has 1 aliphatic heterocycles. The van der Waals surface area contributed by atoms with Crippen molar-refractivity contribution in [3.8, 4) is 11.5 Å². The molecule has 1 heterocycles. The van der Waals surface area contributed by atoms with Crippen LogP contribution in [-0.2, 0) is 6.42 Å². The third-order valence-electron chi connectivity index (χ3n) is 5.91. The van der Waals surface area contributed by atoms with Gasteiger partial charge < -0.3 is 25.4 Å². The van der Waals surface area contributed by atoms with Gasteiger partial charge in [0, 0.05) is 12.6 Å². The molecule has 0 amide bonds. The molecule has 31 heavy (non-hydrogen) atoms. The van der Waals surface area contributed by atoms with Crippen LogP contribution in [0.25, 0.3) is 0 Å². The summed E-state index contributed by atoms with van der Waals surface area (Å²) >= 11 is 0. The van der Waals surface area contributed by atoms with E-state index < -0.39 is 0 Å². The highest BCUT2D eigenvalue weighted by Gasteiger charge is 2.18. The molecule has 3 N–H and O–H groups in total. The number of hydrogen-bond donors (Lipinski definition) is 2. The smallest absolute Gasteiger partial charge is 0.193 e. The summed E-state index contributed by atoms with van der Waals surface area (Å²) in [5.41, 5.74) is 8.28. The number of guanidine groups is 1. The Bertz CT molecular complexity index is 818. The number of benzene rings is 2. The van der Waals surface area contributed by atoms with Gasteiger partial charge in [-0.25, -0.2) is 0 Å². The molecule has 3 rings (SSSR count). The zero-order valence-corrected chi connectivity index (χ0v) is 18.8. The van der Waals surface area contributed by atoms with Crippen LogP contribution in [0.3, 0.4) is 0 Å². The fraction of sp³-hybridized carbons (Fsp3) is 0.480. The third-order valence-corrected chi connectivity index (χ3v) is 5.91. The zero-order valence-electron chi connectivity index (χ0n) is 18.8. The summed E-state index contributed by atoms with van der Waals surface area (Å²) in [4.78, 5) is 7.05. The third kappa shape index (κ3) is 7.47. The van der Waals surface area contributed by atoms with Crippen LogP contribution in [0.2, 0.25) is 0 Å². The van der Waals surface area contributed by atoms with Gasteiger partial charge in [-0.15, -0.1) is 0 Å². The molecule has 2 aromatic rings. The Morgan fingerprint density at radius 1 is 1.06 bits per heavy atom. The summed E-state index contributed by atoms with van der Waals surface area (Å²) in [6.45, 7) is 4.28. The normalized spacial score (nSPS) is 15.6. The molecular formula is C25H36N4O2. The second kappa shape index (κ2) is 12.2. The minimum atomic E-state index is 0.397. The van der Waals surface area contributed by atoms with Gasteiger partial charge in [0.25, 0.3) is 0 Å². The summed E-state index contributed by atoms with van der Waals surface area (Å²) < 4.78 is 10.6. The van der Waals surface area contributed by atoms with E-state index in [1.807, 2.05) is 18.2 Å². The Labute approximate surface area is 186 Å². The van der Waals surface area contributed by atoms with Crippen molar-refractivity contribution >= 4 is 11.6 Å². The van der Waals surface area contributed by atoms with Gasteiger partial charge in [-0.3, -0.25) is 4.99 Å². The molecule has 6 nitrogen and oxygen atoms in total. The monoisotopic (exact) mass is 424 g/mol. The van der Waals surface area contributed by atoms with Crippen molar-refractivity contribution < 1.29 is 9.47 Å². The van der Waals surface area contributed by atoms with Crippen molar-refractivity contribution in [2.75, 3.05) is 45.7 Å². The maximum absolute atomic E-state index is 6.06. The second-order valence-corrected chi connectivity index (χ2v) is 8.14. The molecule has 168 valence electrons. The molecular weight excluding hydrogens is 388 g/mol. The van der Waals surface area contributed by atoms with E-state index in [1.165, 1.54) is 37.9 Å². The lowest BCUT2D eigenvalue weighted by atomic mass is 9.90. The molecule has 0 aromatic heterocycles. The molecule has 0 bridgehead atoms. The van der Waals surface area contributed by atoms with Crippen molar-refractivity contribution in [3.05, 3.63) is 54.1 Å². The first kappa shape index (κ1) is 22.9. The van der Waals surface area contributed by atoms with Crippen LogP contribution in [0.1, 0.15) is 31.2 Å². The number of ether oxygens (including phenoxy) is 2. The summed E-state index contributed by atoms with van der Waals surface area (Å²) in [5, 5.41) is 3.11. The predicted molar refractivity (Wildman–Crippen MR) is 128 cm³/mol. The number of nitrogens with two attached hydrogens (primary N) is 1. The Hall–Kier alpha value is -2.73. The number of hydrogen-bond acceptors (Lipinski definition) is 4. The molecule has 0 atom stereocenters. The molecule has 0 spiro atoms. The average Bonchev–Trinajstić information content (AvgIpc) is 2.80. The van der Waals surface area contributed by atoms with Crippen LogP contribution in [0.15, 0.2) is 53.5 Å². The lowest BCUT2D eigenvalue weighted by molar-refractivity contribution is 0.181. The first-order chi connectivity index (χ1) is 15.2. The number of likely N-dealkylation sites (tertiary alicyclic amines) is 1. The highest BCUT2D eigenvalue weighted by molar-refractivity contribution is 5.94. The molecule has 1 aliphatic rings. The van der Waals surface area contributed by atoms with E-state index >= 15 is 0 Å². The first-order valence-electron chi connectivity index (χ1n) is 11.2. The van der Waals surface area contributed by atoms with Gasteiger partial charge in [0.1, 0.15) is 11.5 Å². The molecule has 1 saturated heterocycles. The largest absolute Gasteiger partial charge is 0.497 e. The van der Waals surface area contributed by atoms with E-state index in [9.17, 15) is 0 Å². The lowest BCUT2D eigenvalue weighted by Gasteiger charge is -2.32. The number of anilines is 1. The van der Waals surface area contributed by atoms with E-state index in [0.717, 1.165) is 43.3 Å². The SMILES string of the molecule is COc1ccc(OC)c(NC(N)=NCCCCN2CCC(Cc3ccccc3)CC2)c1. The van der Waals surface area contributed by atoms with Crippen molar-refractivity contribution in [1.82, 2.24) is 4.90 Å². The van der Waals surface area contributed by atoms with Gasteiger partial charge in [0.15, 0.2) is 5.96 Å². The number of piperidine rings is 1. The first-order valence-corrected chi connectivity index (χ1v) is 11.2. The van der Waals surface area contributed by atoms with E-state index in [4.69, 9.17) is 15.2 Å². The summed E-state index contributed by atoms with van der Waals surface area (Å²) in [6.07, 6.45) is 5.98. The van der Waals surface area contributed by atoms with Gasteiger partial charge >= 0.3 is 0 Å². The fourth-order valence-electron chi connectivity index (χ4n) is 4.10. The number of nitrogens with zero attached hydrogens (tertiary/aromatic N) is 2. The quantitative estimate of drug-likeness (QED) is 0.340. The lowest BCUT2D eigenvalue weighted by Crippen LogP contribution is -2.35. The van der Waals surface area contributed by atoms with Gasteiger partial charge in [-0.2, -0.15) is 0 Å². The number of methoxy groups -OCH3 is 2. The van der Waals surface area contributed by atoms with Crippen molar-refractivity contribution in [2.45, 2.75) is 32.1 Å². The minimum absolute atomic E-state index is 0.397.